The number of hydrogen-bond acceptors (Lipinski definition) is 3. The van der Waals surface area contributed by atoms with Crippen LogP contribution in [0.15, 0.2) is 42.6 Å². The number of aryl methyl sites for hydroxylation is 1. The number of halogens is 4. The van der Waals surface area contributed by atoms with E-state index in [1.54, 1.807) is 12.3 Å². The Balaban J connectivity index is 1.61. The highest BCUT2D eigenvalue weighted by molar-refractivity contribution is 5.94. The lowest BCUT2D eigenvalue weighted by atomic mass is 9.74. The molecule has 2 aliphatic rings. The molecule has 3 heterocycles. The first-order chi connectivity index (χ1) is 13.2. The molecule has 1 aromatic carbocycles. The van der Waals surface area contributed by atoms with Crippen LogP contribution >= 0.6 is 0 Å². The van der Waals surface area contributed by atoms with E-state index >= 15 is 0 Å². The second kappa shape index (κ2) is 6.84. The number of carbonyl (C=O) groups is 1. The van der Waals surface area contributed by atoms with Crippen LogP contribution in [0.4, 0.5) is 23.2 Å². The molecule has 4 nitrogen and oxygen atoms in total. The molecular weight excluding hydrogens is 376 g/mol. The molecule has 8 heteroatoms. The maximum Gasteiger partial charge on any atom is 0.416 e. The normalized spacial score (nSPS) is 29.1. The van der Waals surface area contributed by atoms with Crippen molar-refractivity contribution < 1.29 is 27.1 Å². The minimum absolute atomic E-state index is 0.0164. The predicted octanol–water partition coefficient (Wildman–Crippen LogP) is 4.26. The molecule has 1 amide bonds. The number of hydrogen-bond donors (Lipinski definition) is 1. The summed E-state index contributed by atoms with van der Waals surface area (Å²) in [6.45, 7) is 1.81. The van der Waals surface area contributed by atoms with Crippen LogP contribution in [0.2, 0.25) is 0 Å². The Morgan fingerprint density at radius 3 is 2.75 bits per heavy atom. The van der Waals surface area contributed by atoms with Crippen molar-refractivity contribution in [2.24, 2.45) is 5.92 Å². The molecule has 2 aromatic rings. The van der Waals surface area contributed by atoms with Crippen LogP contribution in [-0.4, -0.2) is 29.3 Å². The Hall–Kier alpha value is -2.48. The first kappa shape index (κ1) is 18.9. The highest BCUT2D eigenvalue weighted by atomic mass is 19.4. The lowest BCUT2D eigenvalue weighted by Crippen LogP contribution is -2.41. The van der Waals surface area contributed by atoms with Gasteiger partial charge < -0.3 is 10.1 Å². The molecule has 0 radical (unpaired) electrons. The number of aromatic nitrogens is 1. The summed E-state index contributed by atoms with van der Waals surface area (Å²) in [5, 5.41) is 2.51. The van der Waals surface area contributed by atoms with Crippen molar-refractivity contribution in [3.05, 3.63) is 59.4 Å². The van der Waals surface area contributed by atoms with Gasteiger partial charge in [-0.15, -0.1) is 0 Å². The topological polar surface area (TPSA) is 51.2 Å². The van der Waals surface area contributed by atoms with E-state index in [1.807, 2.05) is 13.0 Å². The van der Waals surface area contributed by atoms with Crippen molar-refractivity contribution in [3.8, 4) is 0 Å². The molecule has 0 aliphatic carbocycles. The van der Waals surface area contributed by atoms with Crippen LogP contribution in [0.1, 0.15) is 29.2 Å². The molecule has 2 bridgehead atoms. The van der Waals surface area contributed by atoms with Gasteiger partial charge in [0.05, 0.1) is 17.6 Å². The summed E-state index contributed by atoms with van der Waals surface area (Å²) in [6, 6.07) is 7.98. The first-order valence-corrected chi connectivity index (χ1v) is 8.94. The van der Waals surface area contributed by atoms with E-state index in [1.165, 1.54) is 12.1 Å². The van der Waals surface area contributed by atoms with Crippen LogP contribution < -0.4 is 5.32 Å². The Labute approximate surface area is 158 Å². The summed E-state index contributed by atoms with van der Waals surface area (Å²) in [7, 11) is 0. The average molecular weight is 394 g/mol. The minimum atomic E-state index is -4.52. The molecule has 2 saturated heterocycles. The number of carbonyl (C=O) groups excluding carboxylic acids is 1. The SMILES string of the molecule is Cc1cc([C@@H]2[C@@H](C(=O)Nc3cccc(C(F)(F)F)c3)[C@@H]3O[C@H]2C[C@H]3F)ccn1. The third-order valence-electron chi connectivity index (χ3n) is 5.35. The maximum absolute atomic E-state index is 14.3. The number of benzene rings is 1. The molecule has 0 unspecified atom stereocenters. The van der Waals surface area contributed by atoms with Crippen molar-refractivity contribution in [2.45, 2.75) is 43.8 Å². The van der Waals surface area contributed by atoms with Crippen molar-refractivity contribution in [1.82, 2.24) is 4.98 Å². The van der Waals surface area contributed by atoms with Gasteiger partial charge in [0.25, 0.3) is 0 Å². The van der Waals surface area contributed by atoms with Crippen LogP contribution in [0, 0.1) is 12.8 Å². The maximum atomic E-state index is 14.3. The van der Waals surface area contributed by atoms with E-state index in [2.05, 4.69) is 10.3 Å². The van der Waals surface area contributed by atoms with Gasteiger partial charge in [-0.2, -0.15) is 13.2 Å². The third kappa shape index (κ3) is 3.37. The summed E-state index contributed by atoms with van der Waals surface area (Å²) >= 11 is 0. The van der Waals surface area contributed by atoms with Gasteiger partial charge in [-0.3, -0.25) is 9.78 Å². The van der Waals surface area contributed by atoms with Crippen molar-refractivity contribution in [3.63, 3.8) is 0 Å². The highest BCUT2D eigenvalue weighted by Crippen LogP contribution is 2.50. The summed E-state index contributed by atoms with van der Waals surface area (Å²) in [4.78, 5) is 17.1. The van der Waals surface area contributed by atoms with Gasteiger partial charge in [-0.05, 0) is 42.8 Å². The molecule has 148 valence electrons. The van der Waals surface area contributed by atoms with Crippen LogP contribution in [0.3, 0.4) is 0 Å². The van der Waals surface area contributed by atoms with Gasteiger partial charge in [0.15, 0.2) is 0 Å². The van der Waals surface area contributed by atoms with Crippen LogP contribution in [0.25, 0.3) is 0 Å². The van der Waals surface area contributed by atoms with Crippen molar-refractivity contribution in [2.75, 3.05) is 5.32 Å². The van der Waals surface area contributed by atoms with E-state index in [4.69, 9.17) is 4.74 Å². The molecule has 5 atom stereocenters. The fraction of sp³-hybridized carbons (Fsp3) is 0.400. The number of nitrogens with one attached hydrogen (secondary N) is 1. The van der Waals surface area contributed by atoms with Crippen molar-refractivity contribution in [1.29, 1.82) is 0 Å². The highest BCUT2D eigenvalue weighted by Gasteiger charge is 2.57. The van der Waals surface area contributed by atoms with Gasteiger partial charge in [-0.1, -0.05) is 6.07 Å². The van der Waals surface area contributed by atoms with Gasteiger partial charge in [0.2, 0.25) is 5.91 Å². The van der Waals surface area contributed by atoms with Gasteiger partial charge in [-0.25, -0.2) is 4.39 Å². The fourth-order valence-electron chi connectivity index (χ4n) is 4.18. The van der Waals surface area contributed by atoms with Gasteiger partial charge >= 0.3 is 6.18 Å². The largest absolute Gasteiger partial charge is 0.416 e. The summed E-state index contributed by atoms with van der Waals surface area (Å²) in [5.41, 5.74) is 0.729. The monoisotopic (exact) mass is 394 g/mol. The Bertz CT molecular complexity index is 902. The van der Waals surface area contributed by atoms with Crippen LogP contribution in [0.5, 0.6) is 0 Å². The predicted molar refractivity (Wildman–Crippen MR) is 93.5 cm³/mol. The van der Waals surface area contributed by atoms with Gasteiger partial charge in [0.1, 0.15) is 12.3 Å². The lowest BCUT2D eigenvalue weighted by Gasteiger charge is -2.29. The minimum Gasteiger partial charge on any atom is -0.370 e. The number of nitrogens with zero attached hydrogens (tertiary/aromatic N) is 1. The summed E-state index contributed by atoms with van der Waals surface area (Å²) in [5.74, 6) is -1.75. The number of ether oxygens (including phenoxy) is 1. The number of amides is 1. The quantitative estimate of drug-likeness (QED) is 0.792. The zero-order valence-electron chi connectivity index (χ0n) is 14.9. The van der Waals surface area contributed by atoms with E-state index in [9.17, 15) is 22.4 Å². The molecule has 28 heavy (non-hydrogen) atoms. The fourth-order valence-corrected chi connectivity index (χ4v) is 4.18. The third-order valence-corrected chi connectivity index (χ3v) is 5.35. The molecular formula is C20H18F4N2O2. The zero-order valence-corrected chi connectivity index (χ0v) is 14.9. The lowest BCUT2D eigenvalue weighted by molar-refractivity contribution is -0.137. The molecule has 2 aliphatic heterocycles. The number of alkyl halides is 4. The standard InChI is InChI=1S/C20H18F4N2O2/c1-10-7-11(5-6-25-10)16-15-9-14(21)18(28-15)17(16)19(27)26-13-4-2-3-12(8-13)20(22,23)24/h2-8,14-18H,9H2,1H3,(H,26,27)/t14-,15+,16+,17-,18-/m1/s1. The number of rotatable bonds is 3. The molecule has 4 rings (SSSR count). The molecule has 1 N–H and O–H groups in total. The van der Waals surface area contributed by atoms with E-state index in [0.29, 0.717) is 0 Å². The van der Waals surface area contributed by atoms with Crippen LogP contribution in [-0.2, 0) is 15.7 Å². The van der Waals surface area contributed by atoms with E-state index < -0.39 is 41.9 Å². The van der Waals surface area contributed by atoms with Crippen molar-refractivity contribution >= 4 is 11.6 Å². The van der Waals surface area contributed by atoms with Gasteiger partial charge in [0, 0.05) is 29.9 Å². The first-order valence-electron chi connectivity index (χ1n) is 8.94. The Morgan fingerprint density at radius 2 is 2.04 bits per heavy atom. The second-order valence-corrected chi connectivity index (χ2v) is 7.24. The Morgan fingerprint density at radius 1 is 1.25 bits per heavy atom. The average Bonchev–Trinajstić information content (AvgIpc) is 3.18. The summed E-state index contributed by atoms with van der Waals surface area (Å²) in [6.07, 6.45) is -5.33. The second-order valence-electron chi connectivity index (χ2n) is 7.24. The number of pyridine rings is 1. The van der Waals surface area contributed by atoms with E-state index in [-0.39, 0.29) is 18.0 Å². The zero-order chi connectivity index (χ0) is 20.1. The molecule has 2 fully saturated rings. The molecule has 1 aromatic heterocycles. The number of anilines is 1. The molecule has 0 spiro atoms. The van der Waals surface area contributed by atoms with E-state index in [0.717, 1.165) is 23.4 Å². The molecule has 0 saturated carbocycles. The Kier molecular flexibility index (Phi) is 4.61. The number of fused-ring (bicyclic) bond motifs is 2. The summed E-state index contributed by atoms with van der Waals surface area (Å²) < 4.78 is 58.7. The smallest absolute Gasteiger partial charge is 0.370 e.